The second kappa shape index (κ2) is 25.0. The van der Waals surface area contributed by atoms with Crippen LogP contribution in [-0.4, -0.2) is 26.2 Å². The molecule has 0 aliphatic heterocycles. The van der Waals surface area contributed by atoms with Crippen LogP contribution in [0.2, 0.25) is 0 Å². The predicted molar refractivity (Wildman–Crippen MR) is 313 cm³/mol. The molecule has 0 saturated heterocycles. The minimum atomic E-state index is -0.411. The molecule has 0 bridgehead atoms. The SMILES string of the molecule is COC(=O)c1cc(N(c2ccccc2)c2c(C3CCCCC3)cc(C3CCCCC3)cc2C2CCCCC2)c(C(=O)OC)cc1N(c1ccccc1)c1c(C2CCCCC2)cc(C2CCCCC2)cc1C1CCCCC1. The summed E-state index contributed by atoms with van der Waals surface area (Å²) in [5.74, 6) is 1.87. The van der Waals surface area contributed by atoms with E-state index in [0.717, 1.165) is 62.7 Å². The lowest BCUT2D eigenvalue weighted by Crippen LogP contribution is -2.25. The summed E-state index contributed by atoms with van der Waals surface area (Å²) in [6, 6.07) is 36.1. The molecule has 5 aromatic rings. The third kappa shape index (κ3) is 11.3. The lowest BCUT2D eigenvalue weighted by Gasteiger charge is -2.39. The average Bonchev–Trinajstić information content (AvgIpc) is 3.54. The lowest BCUT2D eigenvalue weighted by atomic mass is 9.74. The number of carbonyl (C=O) groups is 2. The first kappa shape index (κ1) is 52.7. The molecule has 0 heterocycles. The summed E-state index contributed by atoms with van der Waals surface area (Å²) in [7, 11) is 3.04. The van der Waals surface area contributed by atoms with Crippen molar-refractivity contribution in [3.8, 4) is 0 Å². The molecule has 402 valence electrons. The van der Waals surface area contributed by atoms with Gasteiger partial charge in [0.15, 0.2) is 0 Å². The molecule has 0 amide bonds. The van der Waals surface area contributed by atoms with Gasteiger partial charge in [-0.05, 0) is 182 Å². The molecule has 6 nitrogen and oxygen atoms in total. The molecule has 0 aromatic heterocycles. The van der Waals surface area contributed by atoms with Gasteiger partial charge in [0.05, 0.1) is 48.1 Å². The summed E-state index contributed by atoms with van der Waals surface area (Å²) < 4.78 is 12.0. The Labute approximate surface area is 456 Å². The molecule has 6 heteroatoms. The van der Waals surface area contributed by atoms with Crippen LogP contribution in [0.1, 0.15) is 282 Å². The van der Waals surface area contributed by atoms with E-state index >= 15 is 9.59 Å². The maximum absolute atomic E-state index is 15.3. The third-order valence-electron chi connectivity index (χ3n) is 19.6. The van der Waals surface area contributed by atoms with Crippen LogP contribution in [0.3, 0.4) is 0 Å². The second-order valence-corrected chi connectivity index (χ2v) is 24.3. The number of anilines is 6. The molecule has 6 aliphatic carbocycles. The number of benzene rings is 5. The minimum absolute atomic E-state index is 0.392. The Balaban J connectivity index is 1.21. The Morgan fingerprint density at radius 1 is 0.342 bits per heavy atom. The zero-order valence-electron chi connectivity index (χ0n) is 46.4. The van der Waals surface area contributed by atoms with Gasteiger partial charge in [-0.3, -0.25) is 0 Å². The van der Waals surface area contributed by atoms with E-state index < -0.39 is 11.9 Å². The number of methoxy groups -OCH3 is 2. The molecule has 0 N–H and O–H groups in total. The summed E-state index contributed by atoms with van der Waals surface area (Å²) >= 11 is 0. The fraction of sp³-hybridized carbons (Fsp3) is 0.543. The molecular weight excluding hydrogens is 933 g/mol. The van der Waals surface area contributed by atoms with Crippen LogP contribution < -0.4 is 9.80 Å². The van der Waals surface area contributed by atoms with Crippen molar-refractivity contribution in [2.75, 3.05) is 24.0 Å². The number of nitrogens with zero attached hydrogens (tertiary/aromatic N) is 2. The maximum atomic E-state index is 15.3. The number of hydrogen-bond acceptors (Lipinski definition) is 6. The maximum Gasteiger partial charge on any atom is 0.340 e. The fourth-order valence-corrected chi connectivity index (χ4v) is 15.6. The highest BCUT2D eigenvalue weighted by molar-refractivity contribution is 6.07. The Morgan fingerprint density at radius 3 is 0.842 bits per heavy atom. The molecule has 0 unspecified atom stereocenters. The van der Waals surface area contributed by atoms with Crippen molar-refractivity contribution in [3.63, 3.8) is 0 Å². The molecule has 6 fully saturated rings. The van der Waals surface area contributed by atoms with E-state index in [1.807, 2.05) is 12.1 Å². The topological polar surface area (TPSA) is 59.1 Å². The summed E-state index contributed by atoms with van der Waals surface area (Å²) in [5, 5.41) is 0. The molecular formula is C70H88N2O4. The highest BCUT2D eigenvalue weighted by Crippen LogP contribution is 2.55. The Hall–Kier alpha value is -5.36. The molecule has 0 radical (unpaired) electrons. The van der Waals surface area contributed by atoms with E-state index in [4.69, 9.17) is 9.47 Å². The zero-order valence-corrected chi connectivity index (χ0v) is 46.4. The monoisotopic (exact) mass is 1020 g/mol. The van der Waals surface area contributed by atoms with Crippen LogP contribution in [0, 0.1) is 0 Å². The molecule has 0 atom stereocenters. The number of hydrogen-bond donors (Lipinski definition) is 0. The molecule has 6 aliphatic rings. The van der Waals surface area contributed by atoms with Gasteiger partial charge in [-0.25, -0.2) is 9.59 Å². The van der Waals surface area contributed by atoms with Gasteiger partial charge in [0.1, 0.15) is 0 Å². The average molecular weight is 1020 g/mol. The van der Waals surface area contributed by atoms with Crippen molar-refractivity contribution in [2.24, 2.45) is 0 Å². The number of ether oxygens (including phenoxy) is 2. The number of carbonyl (C=O) groups excluding carboxylic acids is 2. The van der Waals surface area contributed by atoms with Crippen LogP contribution in [0.5, 0.6) is 0 Å². The molecule has 6 saturated carbocycles. The van der Waals surface area contributed by atoms with Crippen molar-refractivity contribution < 1.29 is 19.1 Å². The zero-order chi connectivity index (χ0) is 51.8. The van der Waals surface area contributed by atoms with Gasteiger partial charge in [0, 0.05) is 11.4 Å². The van der Waals surface area contributed by atoms with Crippen molar-refractivity contribution >= 4 is 46.1 Å². The summed E-state index contributed by atoms with van der Waals surface area (Å²) in [4.78, 5) is 35.4. The smallest absolute Gasteiger partial charge is 0.340 e. The molecule has 5 aromatic carbocycles. The van der Waals surface area contributed by atoms with Gasteiger partial charge in [-0.2, -0.15) is 0 Å². The number of rotatable bonds is 14. The van der Waals surface area contributed by atoms with E-state index in [9.17, 15) is 0 Å². The molecule has 76 heavy (non-hydrogen) atoms. The van der Waals surface area contributed by atoms with Gasteiger partial charge in [-0.15, -0.1) is 0 Å². The van der Waals surface area contributed by atoms with Crippen molar-refractivity contribution in [1.82, 2.24) is 0 Å². The van der Waals surface area contributed by atoms with Gasteiger partial charge in [-0.1, -0.05) is 176 Å². The van der Waals surface area contributed by atoms with Crippen molar-refractivity contribution in [2.45, 2.75) is 228 Å². The number of para-hydroxylation sites is 2. The molecule has 0 spiro atoms. The third-order valence-corrected chi connectivity index (χ3v) is 19.6. The van der Waals surface area contributed by atoms with E-state index in [2.05, 4.69) is 94.7 Å². The minimum Gasteiger partial charge on any atom is -0.465 e. The van der Waals surface area contributed by atoms with Gasteiger partial charge in [0.2, 0.25) is 0 Å². The Morgan fingerprint density at radius 2 is 0.592 bits per heavy atom. The predicted octanol–water partition coefficient (Wildman–Crippen LogP) is 20.5. The standard InChI is InChI=1S/C70H88N2O4/c1-75-69(73)63-47-66(72(58-41-25-10-26-42-58)68-61(53-35-19-7-20-36-53)45-56(50-29-13-4-14-30-50)46-62(68)54-37-21-8-22-38-54)64(70(74)76-2)48-65(63)71(57-39-23-9-24-40-57)67-59(51-31-15-5-16-32-51)43-55(49-27-11-3-12-28-49)44-60(67)52-33-17-6-18-34-52/h9-10,23-26,39-54H,3-8,11-22,27-38H2,1-2H3. The number of esters is 2. The first-order valence-corrected chi connectivity index (χ1v) is 30.9. The van der Waals surface area contributed by atoms with E-state index in [1.165, 1.54) is 200 Å². The van der Waals surface area contributed by atoms with Crippen LogP contribution in [0.4, 0.5) is 34.1 Å². The van der Waals surface area contributed by atoms with Crippen LogP contribution in [-0.2, 0) is 9.47 Å². The Kier molecular flexibility index (Phi) is 17.3. The summed E-state index contributed by atoms with van der Waals surface area (Å²) in [6.45, 7) is 0. The highest BCUT2D eigenvalue weighted by Gasteiger charge is 2.38. The molecule has 11 rings (SSSR count). The van der Waals surface area contributed by atoms with Gasteiger partial charge < -0.3 is 19.3 Å². The summed E-state index contributed by atoms with van der Waals surface area (Å²) in [5.41, 5.74) is 15.4. The van der Waals surface area contributed by atoms with Crippen molar-refractivity contribution in [3.05, 3.63) is 142 Å². The first-order valence-electron chi connectivity index (χ1n) is 30.9. The fourth-order valence-electron chi connectivity index (χ4n) is 15.6. The van der Waals surface area contributed by atoms with Crippen LogP contribution in [0.15, 0.2) is 97.1 Å². The largest absolute Gasteiger partial charge is 0.465 e. The van der Waals surface area contributed by atoms with E-state index in [-0.39, 0.29) is 0 Å². The van der Waals surface area contributed by atoms with Crippen LogP contribution in [0.25, 0.3) is 0 Å². The van der Waals surface area contributed by atoms with Crippen molar-refractivity contribution in [1.29, 1.82) is 0 Å². The second-order valence-electron chi connectivity index (χ2n) is 24.3. The van der Waals surface area contributed by atoms with E-state index in [1.54, 1.807) is 0 Å². The van der Waals surface area contributed by atoms with Crippen LogP contribution >= 0.6 is 0 Å². The Bertz CT molecular complexity index is 2460. The quantitative estimate of drug-likeness (QED) is 0.103. The highest BCUT2D eigenvalue weighted by atomic mass is 16.5. The first-order chi connectivity index (χ1) is 37.5. The van der Waals surface area contributed by atoms with E-state index in [0.29, 0.717) is 58.0 Å². The van der Waals surface area contributed by atoms with Gasteiger partial charge in [0.25, 0.3) is 0 Å². The normalized spacial score (nSPS) is 20.0. The summed E-state index contributed by atoms with van der Waals surface area (Å²) in [6.07, 6.45) is 36.9. The lowest BCUT2D eigenvalue weighted by molar-refractivity contribution is 0.0588. The van der Waals surface area contributed by atoms with Gasteiger partial charge >= 0.3 is 11.9 Å².